The molecule has 0 unspecified atom stereocenters. The van der Waals surface area contributed by atoms with Crippen molar-refractivity contribution in [2.24, 2.45) is 0 Å². The van der Waals surface area contributed by atoms with Gasteiger partial charge in [0, 0.05) is 32.4 Å². The van der Waals surface area contributed by atoms with Crippen molar-refractivity contribution in [2.45, 2.75) is 26.2 Å². The predicted octanol–water partition coefficient (Wildman–Crippen LogP) is 2.30. The highest BCUT2D eigenvalue weighted by Crippen LogP contribution is 2.26. The van der Waals surface area contributed by atoms with Crippen molar-refractivity contribution in [2.75, 3.05) is 31.1 Å². The van der Waals surface area contributed by atoms with Crippen molar-refractivity contribution in [1.82, 2.24) is 30.4 Å². The van der Waals surface area contributed by atoms with E-state index in [9.17, 15) is 0 Å². The molecule has 27 heavy (non-hydrogen) atoms. The standard InChI is InChI=1S/C19H23N7O/c1-19(2,3)13-4-5-21-14(10-13)18-24-17(25-27-18)15-11-23-16(12-22-15)26-8-6-20-7-9-26/h4-5,10-12,20H,6-9H2,1-3H3. The van der Waals surface area contributed by atoms with Gasteiger partial charge in [0.25, 0.3) is 5.89 Å². The number of aromatic nitrogens is 5. The maximum atomic E-state index is 5.41. The zero-order valence-corrected chi connectivity index (χ0v) is 15.8. The van der Waals surface area contributed by atoms with Crippen molar-refractivity contribution < 1.29 is 4.52 Å². The quantitative estimate of drug-likeness (QED) is 0.756. The lowest BCUT2D eigenvalue weighted by Crippen LogP contribution is -2.43. The highest BCUT2D eigenvalue weighted by atomic mass is 16.5. The molecular formula is C19H23N7O. The van der Waals surface area contributed by atoms with E-state index < -0.39 is 0 Å². The molecule has 140 valence electrons. The van der Waals surface area contributed by atoms with Crippen LogP contribution in [0.2, 0.25) is 0 Å². The Bertz CT molecular complexity index is 908. The molecule has 0 spiro atoms. The molecule has 0 bridgehead atoms. The number of anilines is 1. The molecule has 1 fully saturated rings. The summed E-state index contributed by atoms with van der Waals surface area (Å²) in [6, 6.07) is 3.98. The molecule has 1 saturated heterocycles. The molecule has 0 radical (unpaired) electrons. The smallest absolute Gasteiger partial charge is 0.276 e. The van der Waals surface area contributed by atoms with Crippen LogP contribution in [-0.4, -0.2) is 51.3 Å². The van der Waals surface area contributed by atoms with E-state index in [0.29, 0.717) is 23.1 Å². The van der Waals surface area contributed by atoms with Gasteiger partial charge < -0.3 is 14.7 Å². The van der Waals surface area contributed by atoms with Gasteiger partial charge in [0.05, 0.1) is 12.4 Å². The molecule has 0 aliphatic carbocycles. The summed E-state index contributed by atoms with van der Waals surface area (Å²) < 4.78 is 5.41. The Morgan fingerprint density at radius 3 is 2.56 bits per heavy atom. The Balaban J connectivity index is 1.56. The summed E-state index contributed by atoms with van der Waals surface area (Å²) >= 11 is 0. The van der Waals surface area contributed by atoms with Crippen LogP contribution in [0.25, 0.3) is 23.1 Å². The average molecular weight is 365 g/mol. The molecule has 0 saturated carbocycles. The van der Waals surface area contributed by atoms with Gasteiger partial charge in [-0.1, -0.05) is 25.9 Å². The van der Waals surface area contributed by atoms with Gasteiger partial charge in [0.1, 0.15) is 17.2 Å². The minimum Gasteiger partial charge on any atom is -0.353 e. The lowest BCUT2D eigenvalue weighted by molar-refractivity contribution is 0.430. The SMILES string of the molecule is CC(C)(C)c1ccnc(-c2nc(-c3cnc(N4CCNCC4)cn3)no2)c1. The molecule has 8 heteroatoms. The molecule has 1 aliphatic rings. The normalized spacial score (nSPS) is 15.1. The fourth-order valence-corrected chi connectivity index (χ4v) is 2.94. The summed E-state index contributed by atoms with van der Waals surface area (Å²) in [7, 11) is 0. The van der Waals surface area contributed by atoms with Crippen LogP contribution in [0.3, 0.4) is 0 Å². The van der Waals surface area contributed by atoms with Crippen molar-refractivity contribution in [3.63, 3.8) is 0 Å². The second kappa shape index (κ2) is 7.03. The molecule has 0 aromatic carbocycles. The Morgan fingerprint density at radius 2 is 1.85 bits per heavy atom. The Morgan fingerprint density at radius 1 is 1.04 bits per heavy atom. The molecular weight excluding hydrogens is 342 g/mol. The molecule has 1 aliphatic heterocycles. The summed E-state index contributed by atoms with van der Waals surface area (Å²) in [5.74, 6) is 1.65. The van der Waals surface area contributed by atoms with E-state index >= 15 is 0 Å². The minimum atomic E-state index is 0.0197. The number of hydrogen-bond acceptors (Lipinski definition) is 8. The number of piperazine rings is 1. The van der Waals surface area contributed by atoms with E-state index in [0.717, 1.165) is 37.6 Å². The first-order valence-electron chi connectivity index (χ1n) is 9.09. The predicted molar refractivity (Wildman–Crippen MR) is 102 cm³/mol. The van der Waals surface area contributed by atoms with Gasteiger partial charge in [-0.3, -0.25) is 4.98 Å². The second-order valence-corrected chi connectivity index (χ2v) is 7.60. The van der Waals surface area contributed by atoms with E-state index in [4.69, 9.17) is 4.52 Å². The lowest BCUT2D eigenvalue weighted by Gasteiger charge is -2.27. The molecule has 4 heterocycles. The molecule has 4 rings (SSSR count). The van der Waals surface area contributed by atoms with E-state index in [2.05, 4.69) is 56.1 Å². The number of nitrogens with zero attached hydrogens (tertiary/aromatic N) is 6. The zero-order valence-electron chi connectivity index (χ0n) is 15.8. The summed E-state index contributed by atoms with van der Waals surface area (Å²) in [6.45, 7) is 10.2. The maximum Gasteiger partial charge on any atom is 0.276 e. The van der Waals surface area contributed by atoms with E-state index in [-0.39, 0.29) is 5.41 Å². The van der Waals surface area contributed by atoms with Crippen LogP contribution in [0.1, 0.15) is 26.3 Å². The number of nitrogens with one attached hydrogen (secondary N) is 1. The largest absolute Gasteiger partial charge is 0.353 e. The Kier molecular flexibility index (Phi) is 4.57. The van der Waals surface area contributed by atoms with Gasteiger partial charge in [0.2, 0.25) is 5.82 Å². The number of hydrogen-bond donors (Lipinski definition) is 1. The van der Waals surface area contributed by atoms with Crippen molar-refractivity contribution >= 4 is 5.82 Å². The zero-order chi connectivity index (χ0) is 18.9. The Labute approximate surface area is 158 Å². The van der Waals surface area contributed by atoms with Crippen molar-refractivity contribution in [3.05, 3.63) is 36.3 Å². The fourth-order valence-electron chi connectivity index (χ4n) is 2.94. The van der Waals surface area contributed by atoms with Crippen LogP contribution >= 0.6 is 0 Å². The van der Waals surface area contributed by atoms with Crippen LogP contribution in [0.4, 0.5) is 5.82 Å². The molecule has 0 atom stereocenters. The van der Waals surface area contributed by atoms with E-state index in [1.807, 2.05) is 12.1 Å². The van der Waals surface area contributed by atoms with Crippen molar-refractivity contribution in [1.29, 1.82) is 0 Å². The van der Waals surface area contributed by atoms with Gasteiger partial charge in [-0.15, -0.1) is 0 Å². The molecule has 8 nitrogen and oxygen atoms in total. The summed E-state index contributed by atoms with van der Waals surface area (Å²) in [6.07, 6.45) is 5.21. The van der Waals surface area contributed by atoms with Gasteiger partial charge in [-0.2, -0.15) is 4.98 Å². The first-order valence-corrected chi connectivity index (χ1v) is 9.09. The fraction of sp³-hybridized carbons (Fsp3) is 0.421. The van der Waals surface area contributed by atoms with Crippen LogP contribution in [0.5, 0.6) is 0 Å². The third-order valence-electron chi connectivity index (χ3n) is 4.58. The third-order valence-corrected chi connectivity index (χ3v) is 4.58. The Hall–Kier alpha value is -2.87. The van der Waals surface area contributed by atoms with Crippen LogP contribution in [0, 0.1) is 0 Å². The molecule has 0 amide bonds. The summed E-state index contributed by atoms with van der Waals surface area (Å²) in [5, 5.41) is 7.37. The first-order chi connectivity index (χ1) is 13.0. The van der Waals surface area contributed by atoms with Crippen LogP contribution in [0.15, 0.2) is 35.2 Å². The van der Waals surface area contributed by atoms with Gasteiger partial charge in [-0.25, -0.2) is 9.97 Å². The molecule has 3 aromatic rings. The lowest BCUT2D eigenvalue weighted by atomic mass is 9.87. The topological polar surface area (TPSA) is 92.9 Å². The molecule has 1 N–H and O–H groups in total. The van der Waals surface area contributed by atoms with Crippen LogP contribution < -0.4 is 10.2 Å². The van der Waals surface area contributed by atoms with Crippen LogP contribution in [-0.2, 0) is 5.41 Å². The second-order valence-electron chi connectivity index (χ2n) is 7.60. The summed E-state index contributed by atoms with van der Waals surface area (Å²) in [5.41, 5.74) is 2.42. The van der Waals surface area contributed by atoms with E-state index in [1.54, 1.807) is 18.6 Å². The third kappa shape index (κ3) is 3.80. The van der Waals surface area contributed by atoms with Gasteiger partial charge in [-0.05, 0) is 23.1 Å². The monoisotopic (exact) mass is 365 g/mol. The maximum absolute atomic E-state index is 5.41. The minimum absolute atomic E-state index is 0.0197. The number of rotatable bonds is 3. The average Bonchev–Trinajstić information content (AvgIpc) is 3.19. The molecule has 3 aromatic heterocycles. The summed E-state index contributed by atoms with van der Waals surface area (Å²) in [4.78, 5) is 20.0. The van der Waals surface area contributed by atoms with Crippen molar-refractivity contribution in [3.8, 4) is 23.1 Å². The van der Waals surface area contributed by atoms with Gasteiger partial charge >= 0.3 is 0 Å². The van der Waals surface area contributed by atoms with Gasteiger partial charge in [0.15, 0.2) is 0 Å². The highest BCUT2D eigenvalue weighted by Gasteiger charge is 2.18. The van der Waals surface area contributed by atoms with E-state index in [1.165, 1.54) is 0 Å². The number of pyridine rings is 1. The first kappa shape index (κ1) is 17.5. The highest BCUT2D eigenvalue weighted by molar-refractivity contribution is 5.55.